The van der Waals surface area contributed by atoms with Gasteiger partial charge in [-0.25, -0.2) is 0 Å². The van der Waals surface area contributed by atoms with Crippen molar-refractivity contribution < 1.29 is 4.74 Å². The Hall–Kier alpha value is -0.690. The summed E-state index contributed by atoms with van der Waals surface area (Å²) in [6.07, 6.45) is 4.39. The molecule has 1 nitrogen and oxygen atoms in total. The molecule has 2 heteroatoms. The number of halogens is 1. The van der Waals surface area contributed by atoms with Crippen LogP contribution < -0.4 is 4.74 Å². The van der Waals surface area contributed by atoms with E-state index < -0.39 is 0 Å². The van der Waals surface area contributed by atoms with Crippen molar-refractivity contribution in [2.45, 2.75) is 44.9 Å². The van der Waals surface area contributed by atoms with Gasteiger partial charge in [-0.3, -0.25) is 0 Å². The molecule has 1 unspecified atom stereocenters. The minimum Gasteiger partial charge on any atom is -0.497 e. The van der Waals surface area contributed by atoms with Crippen molar-refractivity contribution in [3.8, 4) is 5.75 Å². The zero-order valence-corrected chi connectivity index (χ0v) is 11.2. The Kier molecular flexibility index (Phi) is 5.68. The van der Waals surface area contributed by atoms with E-state index in [1.165, 1.54) is 11.1 Å². The van der Waals surface area contributed by atoms with E-state index in [0.29, 0.717) is 5.38 Å². The number of methoxy groups -OCH3 is 1. The molecule has 90 valence electrons. The standard InChI is InChI=1S/C14H21ClO/c1-4-5-13(15)8-6-12-7-9-14(16-3)10-11(12)2/h7,9-10,13H,4-6,8H2,1-3H3. The summed E-state index contributed by atoms with van der Waals surface area (Å²) in [5.74, 6) is 0.928. The van der Waals surface area contributed by atoms with Crippen LogP contribution in [-0.4, -0.2) is 12.5 Å². The second kappa shape index (κ2) is 6.80. The van der Waals surface area contributed by atoms with Crippen molar-refractivity contribution in [1.29, 1.82) is 0 Å². The van der Waals surface area contributed by atoms with Crippen LogP contribution in [0.5, 0.6) is 5.75 Å². The highest BCUT2D eigenvalue weighted by molar-refractivity contribution is 6.20. The molecule has 0 aliphatic rings. The van der Waals surface area contributed by atoms with Crippen LogP contribution in [0.4, 0.5) is 0 Å². The number of alkyl halides is 1. The van der Waals surface area contributed by atoms with Crippen molar-refractivity contribution in [3.05, 3.63) is 29.3 Å². The lowest BCUT2D eigenvalue weighted by Gasteiger charge is -2.10. The summed E-state index contributed by atoms with van der Waals surface area (Å²) in [6, 6.07) is 6.24. The zero-order valence-electron chi connectivity index (χ0n) is 10.4. The molecule has 0 aliphatic carbocycles. The molecule has 0 amide bonds. The first-order valence-electron chi connectivity index (χ1n) is 5.95. The van der Waals surface area contributed by atoms with Gasteiger partial charge in [0, 0.05) is 5.38 Å². The Labute approximate surface area is 104 Å². The Bertz CT molecular complexity index is 323. The van der Waals surface area contributed by atoms with Crippen LogP contribution in [0.1, 0.15) is 37.3 Å². The van der Waals surface area contributed by atoms with Gasteiger partial charge in [0.1, 0.15) is 5.75 Å². The van der Waals surface area contributed by atoms with E-state index in [-0.39, 0.29) is 0 Å². The summed E-state index contributed by atoms with van der Waals surface area (Å²) in [7, 11) is 1.70. The predicted octanol–water partition coefficient (Wildman–Crippen LogP) is 4.34. The van der Waals surface area contributed by atoms with Crippen LogP contribution in [-0.2, 0) is 6.42 Å². The van der Waals surface area contributed by atoms with E-state index in [2.05, 4.69) is 26.0 Å². The Morgan fingerprint density at radius 1 is 1.31 bits per heavy atom. The first-order valence-corrected chi connectivity index (χ1v) is 6.38. The predicted molar refractivity (Wildman–Crippen MR) is 70.6 cm³/mol. The molecular formula is C14H21ClO. The second-order valence-electron chi connectivity index (χ2n) is 4.22. The third kappa shape index (κ3) is 4.05. The highest BCUT2D eigenvalue weighted by Crippen LogP contribution is 2.20. The summed E-state index contributed by atoms with van der Waals surface area (Å²) in [5.41, 5.74) is 2.67. The molecule has 0 N–H and O–H groups in total. The molecule has 0 radical (unpaired) electrons. The van der Waals surface area contributed by atoms with E-state index >= 15 is 0 Å². The number of hydrogen-bond donors (Lipinski definition) is 0. The molecule has 0 aromatic heterocycles. The monoisotopic (exact) mass is 240 g/mol. The second-order valence-corrected chi connectivity index (χ2v) is 4.83. The minimum atomic E-state index is 0.312. The van der Waals surface area contributed by atoms with Crippen LogP contribution >= 0.6 is 11.6 Å². The average molecular weight is 241 g/mol. The molecule has 0 bridgehead atoms. The molecule has 0 saturated heterocycles. The van der Waals surface area contributed by atoms with E-state index in [1.807, 2.05) is 6.07 Å². The SMILES string of the molecule is CCCC(Cl)CCc1ccc(OC)cc1C. The molecule has 0 heterocycles. The van der Waals surface area contributed by atoms with Gasteiger partial charge < -0.3 is 4.74 Å². The maximum absolute atomic E-state index is 6.22. The molecule has 1 rings (SSSR count). The fourth-order valence-corrected chi connectivity index (χ4v) is 2.17. The summed E-state index contributed by atoms with van der Waals surface area (Å²) in [4.78, 5) is 0. The van der Waals surface area contributed by atoms with Gasteiger partial charge in [-0.1, -0.05) is 19.4 Å². The van der Waals surface area contributed by atoms with E-state index in [9.17, 15) is 0 Å². The lowest BCUT2D eigenvalue weighted by atomic mass is 10.0. The van der Waals surface area contributed by atoms with Gasteiger partial charge in [0.2, 0.25) is 0 Å². The Balaban J connectivity index is 2.54. The Morgan fingerprint density at radius 2 is 2.06 bits per heavy atom. The summed E-state index contributed by atoms with van der Waals surface area (Å²) >= 11 is 6.22. The van der Waals surface area contributed by atoms with Gasteiger partial charge in [0.25, 0.3) is 0 Å². The molecular weight excluding hydrogens is 220 g/mol. The van der Waals surface area contributed by atoms with E-state index in [0.717, 1.165) is 31.4 Å². The van der Waals surface area contributed by atoms with Crippen LogP contribution in [0.2, 0.25) is 0 Å². The van der Waals surface area contributed by atoms with Crippen molar-refractivity contribution >= 4 is 11.6 Å². The number of benzene rings is 1. The van der Waals surface area contributed by atoms with Crippen molar-refractivity contribution in [1.82, 2.24) is 0 Å². The van der Waals surface area contributed by atoms with Crippen LogP contribution in [0.3, 0.4) is 0 Å². The molecule has 1 aromatic carbocycles. The first kappa shape index (κ1) is 13.4. The van der Waals surface area contributed by atoms with Gasteiger partial charge >= 0.3 is 0 Å². The molecule has 1 atom stereocenters. The molecule has 0 spiro atoms. The fourth-order valence-electron chi connectivity index (χ4n) is 1.85. The zero-order chi connectivity index (χ0) is 12.0. The van der Waals surface area contributed by atoms with Gasteiger partial charge in [-0.15, -0.1) is 11.6 Å². The largest absolute Gasteiger partial charge is 0.497 e. The van der Waals surface area contributed by atoms with Crippen molar-refractivity contribution in [2.24, 2.45) is 0 Å². The third-order valence-corrected chi connectivity index (χ3v) is 3.32. The van der Waals surface area contributed by atoms with Gasteiger partial charge in [0.15, 0.2) is 0 Å². The summed E-state index contributed by atoms with van der Waals surface area (Å²) in [6.45, 7) is 4.30. The number of ether oxygens (including phenoxy) is 1. The molecule has 1 aromatic rings. The number of hydrogen-bond acceptors (Lipinski definition) is 1. The van der Waals surface area contributed by atoms with Gasteiger partial charge in [0.05, 0.1) is 7.11 Å². The lowest BCUT2D eigenvalue weighted by molar-refractivity contribution is 0.414. The quantitative estimate of drug-likeness (QED) is 0.672. The molecule has 16 heavy (non-hydrogen) atoms. The van der Waals surface area contributed by atoms with Crippen molar-refractivity contribution in [3.63, 3.8) is 0 Å². The highest BCUT2D eigenvalue weighted by atomic mass is 35.5. The summed E-state index contributed by atoms with van der Waals surface area (Å²) < 4.78 is 5.19. The van der Waals surface area contributed by atoms with Crippen molar-refractivity contribution in [2.75, 3.05) is 7.11 Å². The summed E-state index contributed by atoms with van der Waals surface area (Å²) in [5, 5.41) is 0.312. The first-order chi connectivity index (χ1) is 7.67. The minimum absolute atomic E-state index is 0.312. The average Bonchev–Trinajstić information content (AvgIpc) is 2.27. The number of rotatable bonds is 6. The molecule has 0 saturated carbocycles. The van der Waals surface area contributed by atoms with Crippen LogP contribution in [0.25, 0.3) is 0 Å². The van der Waals surface area contributed by atoms with E-state index in [4.69, 9.17) is 16.3 Å². The molecule has 0 fully saturated rings. The van der Waals surface area contributed by atoms with Gasteiger partial charge in [-0.05, 0) is 49.4 Å². The van der Waals surface area contributed by atoms with E-state index in [1.54, 1.807) is 7.11 Å². The fraction of sp³-hybridized carbons (Fsp3) is 0.571. The topological polar surface area (TPSA) is 9.23 Å². The molecule has 0 aliphatic heterocycles. The normalized spacial score (nSPS) is 12.5. The maximum Gasteiger partial charge on any atom is 0.119 e. The Morgan fingerprint density at radius 3 is 2.62 bits per heavy atom. The number of aryl methyl sites for hydroxylation is 2. The maximum atomic E-state index is 6.22. The lowest BCUT2D eigenvalue weighted by Crippen LogP contribution is -2.01. The van der Waals surface area contributed by atoms with Crippen LogP contribution in [0, 0.1) is 6.92 Å². The smallest absolute Gasteiger partial charge is 0.119 e. The third-order valence-electron chi connectivity index (χ3n) is 2.88. The van der Waals surface area contributed by atoms with Crippen LogP contribution in [0.15, 0.2) is 18.2 Å². The van der Waals surface area contributed by atoms with Gasteiger partial charge in [-0.2, -0.15) is 0 Å². The highest BCUT2D eigenvalue weighted by Gasteiger charge is 2.06.